The molecule has 1 saturated heterocycles. The first-order valence-corrected chi connectivity index (χ1v) is 12.8. The van der Waals surface area contributed by atoms with Crippen molar-refractivity contribution in [3.8, 4) is 11.1 Å². The van der Waals surface area contributed by atoms with Crippen molar-refractivity contribution < 1.29 is 24.2 Å². The van der Waals surface area contributed by atoms with E-state index in [1.165, 1.54) is 22.9 Å². The van der Waals surface area contributed by atoms with Crippen molar-refractivity contribution in [1.29, 1.82) is 0 Å². The van der Waals surface area contributed by atoms with Gasteiger partial charge in [0.25, 0.3) is 0 Å². The number of carbonyl (C=O) groups excluding carboxylic acids is 2. The number of hydrogen-bond acceptors (Lipinski definition) is 5. The number of amides is 2. The molecule has 2 amide bonds. The zero-order chi connectivity index (χ0) is 23.8. The average molecular weight is 481 g/mol. The van der Waals surface area contributed by atoms with Crippen LogP contribution in [0.25, 0.3) is 11.1 Å². The smallest absolute Gasteiger partial charge is 0.407 e. The van der Waals surface area contributed by atoms with Crippen molar-refractivity contribution in [3.05, 3.63) is 59.7 Å². The number of carbonyl (C=O) groups is 3. The summed E-state index contributed by atoms with van der Waals surface area (Å²) >= 11 is 1.52. The molecule has 2 aliphatic carbocycles. The maximum Gasteiger partial charge on any atom is 0.407 e. The van der Waals surface area contributed by atoms with Crippen molar-refractivity contribution in [1.82, 2.24) is 10.2 Å². The molecule has 1 saturated carbocycles. The number of fused-ring (bicyclic) bond motifs is 3. The van der Waals surface area contributed by atoms with Gasteiger partial charge >= 0.3 is 12.1 Å². The topological polar surface area (TPSA) is 95.9 Å². The molecule has 0 bridgehead atoms. The minimum Gasteiger partial charge on any atom is -0.480 e. The molecule has 2 unspecified atom stereocenters. The maximum atomic E-state index is 13.0. The molecular formula is C26H28N2O5S. The fourth-order valence-electron chi connectivity index (χ4n) is 5.19. The zero-order valence-corrected chi connectivity index (χ0v) is 19.8. The van der Waals surface area contributed by atoms with Crippen molar-refractivity contribution in [2.75, 3.05) is 18.9 Å². The molecule has 5 rings (SSSR count). The Labute approximate surface area is 202 Å². The van der Waals surface area contributed by atoms with E-state index in [0.717, 1.165) is 17.5 Å². The van der Waals surface area contributed by atoms with Crippen LogP contribution in [0.4, 0.5) is 4.79 Å². The molecule has 4 atom stereocenters. The molecule has 2 aromatic carbocycles. The highest BCUT2D eigenvalue weighted by Gasteiger charge is 2.50. The van der Waals surface area contributed by atoms with E-state index in [1.807, 2.05) is 31.2 Å². The molecule has 2 fully saturated rings. The largest absolute Gasteiger partial charge is 0.480 e. The van der Waals surface area contributed by atoms with Crippen molar-refractivity contribution >= 4 is 29.7 Å². The van der Waals surface area contributed by atoms with E-state index < -0.39 is 18.1 Å². The predicted molar refractivity (Wildman–Crippen MR) is 129 cm³/mol. The highest BCUT2D eigenvalue weighted by Crippen LogP contribution is 2.45. The van der Waals surface area contributed by atoms with Crippen LogP contribution in [0, 0.1) is 11.8 Å². The number of aliphatic carboxylic acids is 1. The molecule has 1 aliphatic heterocycles. The van der Waals surface area contributed by atoms with Gasteiger partial charge in [0, 0.05) is 24.1 Å². The predicted octanol–water partition coefficient (Wildman–Crippen LogP) is 3.93. The summed E-state index contributed by atoms with van der Waals surface area (Å²) in [7, 11) is 0. The molecule has 7 nitrogen and oxygen atoms in total. The van der Waals surface area contributed by atoms with Crippen LogP contribution in [-0.4, -0.2) is 58.3 Å². The summed E-state index contributed by atoms with van der Waals surface area (Å²) in [6.45, 7) is 2.56. The van der Waals surface area contributed by atoms with E-state index in [1.54, 1.807) is 4.90 Å². The van der Waals surface area contributed by atoms with Crippen LogP contribution in [0.1, 0.15) is 36.8 Å². The second-order valence-corrected chi connectivity index (χ2v) is 10.3. The summed E-state index contributed by atoms with van der Waals surface area (Å²) in [5.41, 5.74) is 4.67. The molecule has 2 N–H and O–H groups in total. The lowest BCUT2D eigenvalue weighted by Gasteiger charge is -2.27. The minimum atomic E-state index is -0.953. The van der Waals surface area contributed by atoms with Crippen LogP contribution in [0.5, 0.6) is 0 Å². The van der Waals surface area contributed by atoms with Gasteiger partial charge in [-0.05, 0) is 41.0 Å². The highest BCUT2D eigenvalue weighted by molar-refractivity contribution is 8.00. The molecule has 0 spiro atoms. The van der Waals surface area contributed by atoms with Crippen LogP contribution < -0.4 is 5.32 Å². The van der Waals surface area contributed by atoms with Gasteiger partial charge in [-0.3, -0.25) is 4.79 Å². The van der Waals surface area contributed by atoms with E-state index in [0.29, 0.717) is 18.7 Å². The van der Waals surface area contributed by atoms with Gasteiger partial charge in [-0.1, -0.05) is 55.5 Å². The third-order valence-corrected chi connectivity index (χ3v) is 8.53. The Balaban J connectivity index is 1.13. The number of rotatable bonds is 7. The summed E-state index contributed by atoms with van der Waals surface area (Å²) in [5, 5.41) is 12.2. The molecule has 0 radical (unpaired) electrons. The Hall–Kier alpha value is -3.00. The van der Waals surface area contributed by atoms with E-state index in [-0.39, 0.29) is 35.6 Å². The van der Waals surface area contributed by atoms with E-state index in [2.05, 4.69) is 29.6 Å². The van der Waals surface area contributed by atoms with Gasteiger partial charge in [-0.25, -0.2) is 9.59 Å². The summed E-state index contributed by atoms with van der Waals surface area (Å²) in [6.07, 6.45) is 0.883. The van der Waals surface area contributed by atoms with Crippen molar-refractivity contribution in [3.63, 3.8) is 0 Å². The normalized spacial score (nSPS) is 24.9. The average Bonchev–Trinajstić information content (AvgIpc) is 3.38. The van der Waals surface area contributed by atoms with Crippen LogP contribution in [0.15, 0.2) is 48.5 Å². The number of benzene rings is 2. The summed E-state index contributed by atoms with van der Waals surface area (Å²) < 4.78 is 5.57. The van der Waals surface area contributed by atoms with Gasteiger partial charge in [-0.2, -0.15) is 0 Å². The van der Waals surface area contributed by atoms with Crippen molar-refractivity contribution in [2.24, 2.45) is 11.8 Å². The Bertz CT molecular complexity index is 1080. The number of nitrogens with zero attached hydrogens (tertiary/aromatic N) is 1. The Morgan fingerprint density at radius 3 is 2.35 bits per heavy atom. The van der Waals surface area contributed by atoms with Gasteiger partial charge in [-0.15, -0.1) is 11.8 Å². The maximum absolute atomic E-state index is 13.0. The lowest BCUT2D eigenvalue weighted by atomic mass is 9.98. The molecule has 3 aliphatic rings. The second kappa shape index (κ2) is 9.33. The third kappa shape index (κ3) is 4.15. The second-order valence-electron chi connectivity index (χ2n) is 9.10. The lowest BCUT2D eigenvalue weighted by Crippen LogP contribution is -2.46. The Morgan fingerprint density at radius 2 is 1.74 bits per heavy atom. The molecule has 34 heavy (non-hydrogen) atoms. The standard InChI is InChI=1S/C26H28N2O5S/c1-2-23-28(22(14-34-23)25(30)31)24(29)20-11-15(20)12-27-26(32)33-13-21-18-9-5-3-7-16(18)17-8-4-6-10-19(17)21/h3-10,15,20-23H,2,11-14H2,1H3,(H,27,32)(H,30,31)/t15-,20-,22?,23?/m0/s1. The van der Waals surface area contributed by atoms with Crippen molar-refractivity contribution in [2.45, 2.75) is 37.1 Å². The molecule has 8 heteroatoms. The van der Waals surface area contributed by atoms with Gasteiger partial charge in [0.1, 0.15) is 12.6 Å². The Morgan fingerprint density at radius 1 is 1.09 bits per heavy atom. The number of ether oxygens (including phenoxy) is 1. The minimum absolute atomic E-state index is 0.00000259. The first-order chi connectivity index (χ1) is 16.5. The fraction of sp³-hybridized carbons (Fsp3) is 0.423. The number of carboxylic acids is 1. The first kappa shape index (κ1) is 22.8. The Kier molecular flexibility index (Phi) is 6.25. The molecule has 178 valence electrons. The van der Waals surface area contributed by atoms with Gasteiger partial charge in [0.05, 0.1) is 5.37 Å². The van der Waals surface area contributed by atoms with Gasteiger partial charge < -0.3 is 20.1 Å². The van der Waals surface area contributed by atoms with Crippen LogP contribution in [0.2, 0.25) is 0 Å². The van der Waals surface area contributed by atoms with Crippen LogP contribution in [0.3, 0.4) is 0 Å². The number of hydrogen-bond donors (Lipinski definition) is 2. The SMILES string of the molecule is CCC1SCC(C(=O)O)N1C(=O)[C@H]1C[C@H]1CNC(=O)OCC1c2ccccc2-c2ccccc21. The summed E-state index contributed by atoms with van der Waals surface area (Å²) in [6, 6.07) is 15.6. The molecule has 2 aromatic rings. The molecular weight excluding hydrogens is 452 g/mol. The van der Waals surface area contributed by atoms with E-state index >= 15 is 0 Å². The van der Waals surface area contributed by atoms with Gasteiger partial charge in [0.15, 0.2) is 0 Å². The molecule has 0 aromatic heterocycles. The number of carboxylic acid groups (broad SMARTS) is 1. The fourth-order valence-corrected chi connectivity index (χ4v) is 6.55. The number of thioether (sulfide) groups is 1. The van der Waals surface area contributed by atoms with Gasteiger partial charge in [0.2, 0.25) is 5.91 Å². The number of nitrogens with one attached hydrogen (secondary N) is 1. The zero-order valence-electron chi connectivity index (χ0n) is 19.0. The third-order valence-electron chi connectivity index (χ3n) is 7.07. The lowest BCUT2D eigenvalue weighted by molar-refractivity contribution is -0.149. The highest BCUT2D eigenvalue weighted by atomic mass is 32.2. The summed E-state index contributed by atoms with van der Waals surface area (Å²) in [4.78, 5) is 38.5. The van der Waals surface area contributed by atoms with Crippen LogP contribution >= 0.6 is 11.8 Å². The summed E-state index contributed by atoms with van der Waals surface area (Å²) in [5.74, 6) is -0.849. The quantitative estimate of drug-likeness (QED) is 0.624. The van der Waals surface area contributed by atoms with Crippen LogP contribution in [-0.2, 0) is 14.3 Å². The first-order valence-electron chi connectivity index (χ1n) is 11.7. The van der Waals surface area contributed by atoms with E-state index in [4.69, 9.17) is 4.74 Å². The monoisotopic (exact) mass is 480 g/mol. The number of alkyl carbamates (subject to hydrolysis) is 1. The van der Waals surface area contributed by atoms with E-state index in [9.17, 15) is 19.5 Å². The molecule has 1 heterocycles.